The number of aliphatic hydroxyl groups is 1. The van der Waals surface area contributed by atoms with Crippen LogP contribution in [0.2, 0.25) is 0 Å². The van der Waals surface area contributed by atoms with Crippen LogP contribution in [0.3, 0.4) is 0 Å². The van der Waals surface area contributed by atoms with Gasteiger partial charge in [0.15, 0.2) is 5.65 Å². The SMILES string of the molecule is Cn1ccc(-c2cc(C(=O)Nc3c(-c4ccccc4)ccn4c(CO)cnc34)sc2C(F)(F)F)n1. The number of anilines is 1. The van der Waals surface area contributed by atoms with Crippen LogP contribution < -0.4 is 5.32 Å². The van der Waals surface area contributed by atoms with Gasteiger partial charge in [0.1, 0.15) is 4.88 Å². The molecule has 0 atom stereocenters. The maximum absolute atomic E-state index is 13.8. The topological polar surface area (TPSA) is 84.5 Å². The highest BCUT2D eigenvalue weighted by Crippen LogP contribution is 2.43. The molecule has 2 N–H and O–H groups in total. The van der Waals surface area contributed by atoms with Crippen molar-refractivity contribution in [2.45, 2.75) is 12.8 Å². The Morgan fingerprint density at radius 2 is 1.89 bits per heavy atom. The van der Waals surface area contributed by atoms with Crippen LogP contribution in [0.4, 0.5) is 18.9 Å². The largest absolute Gasteiger partial charge is 0.426 e. The van der Waals surface area contributed by atoms with Crippen LogP contribution in [0.5, 0.6) is 0 Å². The molecule has 0 unspecified atom stereocenters. The Morgan fingerprint density at radius 3 is 2.54 bits per heavy atom. The van der Waals surface area contributed by atoms with Gasteiger partial charge in [0.2, 0.25) is 0 Å². The van der Waals surface area contributed by atoms with Crippen molar-refractivity contribution in [1.82, 2.24) is 19.2 Å². The summed E-state index contributed by atoms with van der Waals surface area (Å²) >= 11 is 0.361. The molecule has 0 saturated carbocycles. The molecule has 0 aliphatic carbocycles. The number of carbonyl (C=O) groups excluding carboxylic acids is 1. The molecule has 4 aromatic heterocycles. The lowest BCUT2D eigenvalue weighted by molar-refractivity contribution is -0.133. The number of benzene rings is 1. The van der Waals surface area contributed by atoms with E-state index in [0.717, 1.165) is 5.56 Å². The molecular formula is C24H18F3N5O2S. The predicted molar refractivity (Wildman–Crippen MR) is 126 cm³/mol. The number of nitrogens with zero attached hydrogens (tertiary/aromatic N) is 4. The molecule has 7 nitrogen and oxygen atoms in total. The fourth-order valence-corrected chi connectivity index (χ4v) is 4.77. The maximum Gasteiger partial charge on any atom is 0.426 e. The Balaban J connectivity index is 1.61. The van der Waals surface area contributed by atoms with Crippen molar-refractivity contribution in [2.75, 3.05) is 5.32 Å². The number of hydrogen-bond donors (Lipinski definition) is 2. The molecule has 1 aromatic carbocycles. The monoisotopic (exact) mass is 497 g/mol. The van der Waals surface area contributed by atoms with Crippen molar-refractivity contribution in [3.63, 3.8) is 0 Å². The van der Waals surface area contributed by atoms with Gasteiger partial charge in [0.05, 0.1) is 34.8 Å². The fourth-order valence-electron chi connectivity index (χ4n) is 3.84. The molecule has 5 aromatic rings. The number of alkyl halides is 3. The molecule has 0 fully saturated rings. The van der Waals surface area contributed by atoms with E-state index in [1.54, 1.807) is 23.7 Å². The molecule has 0 saturated heterocycles. The number of aromatic nitrogens is 4. The summed E-state index contributed by atoms with van der Waals surface area (Å²) in [7, 11) is 1.60. The van der Waals surface area contributed by atoms with Crippen molar-refractivity contribution >= 4 is 28.6 Å². The van der Waals surface area contributed by atoms with E-state index in [4.69, 9.17) is 0 Å². The van der Waals surface area contributed by atoms with E-state index in [1.807, 2.05) is 30.3 Å². The van der Waals surface area contributed by atoms with Gasteiger partial charge in [-0.2, -0.15) is 18.3 Å². The van der Waals surface area contributed by atoms with Crippen molar-refractivity contribution in [2.24, 2.45) is 7.05 Å². The summed E-state index contributed by atoms with van der Waals surface area (Å²) in [5.41, 5.74) is 2.59. The summed E-state index contributed by atoms with van der Waals surface area (Å²) in [6, 6.07) is 13.7. The lowest BCUT2D eigenvalue weighted by atomic mass is 10.0. The smallest absolute Gasteiger partial charge is 0.390 e. The number of aliphatic hydroxyl groups excluding tert-OH is 1. The molecule has 4 heterocycles. The van der Waals surface area contributed by atoms with Gasteiger partial charge in [-0.15, -0.1) is 11.3 Å². The summed E-state index contributed by atoms with van der Waals surface area (Å²) < 4.78 is 44.4. The first kappa shape index (κ1) is 22.8. The van der Waals surface area contributed by atoms with Crippen LogP contribution in [-0.4, -0.2) is 30.2 Å². The van der Waals surface area contributed by atoms with E-state index in [-0.39, 0.29) is 22.7 Å². The van der Waals surface area contributed by atoms with E-state index in [0.29, 0.717) is 33.9 Å². The molecule has 0 aliphatic heterocycles. The minimum atomic E-state index is -4.65. The predicted octanol–water partition coefficient (Wildman–Crippen LogP) is 5.23. The zero-order valence-corrected chi connectivity index (χ0v) is 19.1. The number of hydrogen-bond acceptors (Lipinski definition) is 5. The average Bonchev–Trinajstić information content (AvgIpc) is 3.57. The molecule has 35 heavy (non-hydrogen) atoms. The van der Waals surface area contributed by atoms with E-state index < -0.39 is 17.0 Å². The highest BCUT2D eigenvalue weighted by molar-refractivity contribution is 7.14. The van der Waals surface area contributed by atoms with Crippen LogP contribution in [0, 0.1) is 0 Å². The Hall–Kier alpha value is -3.96. The molecule has 1 amide bonds. The molecule has 0 spiro atoms. The summed E-state index contributed by atoms with van der Waals surface area (Å²) in [5.74, 6) is -0.707. The van der Waals surface area contributed by atoms with Gasteiger partial charge < -0.3 is 10.4 Å². The number of nitrogens with one attached hydrogen (secondary N) is 1. The number of pyridine rings is 1. The van der Waals surface area contributed by atoms with Gasteiger partial charge in [-0.05, 0) is 23.8 Å². The zero-order valence-electron chi connectivity index (χ0n) is 18.2. The summed E-state index contributed by atoms with van der Waals surface area (Å²) in [6.45, 7) is -0.271. The summed E-state index contributed by atoms with van der Waals surface area (Å²) in [4.78, 5) is 16.6. The van der Waals surface area contributed by atoms with Gasteiger partial charge in [0, 0.05) is 30.6 Å². The molecule has 11 heteroatoms. The first-order valence-corrected chi connectivity index (χ1v) is 11.3. The molecule has 0 aliphatic rings. The highest BCUT2D eigenvalue weighted by Gasteiger charge is 2.38. The fraction of sp³-hybridized carbons (Fsp3) is 0.125. The lowest BCUT2D eigenvalue weighted by Gasteiger charge is -2.13. The van der Waals surface area contributed by atoms with Gasteiger partial charge in [0.25, 0.3) is 5.91 Å². The number of imidazole rings is 1. The van der Waals surface area contributed by atoms with Gasteiger partial charge in [-0.1, -0.05) is 30.3 Å². The zero-order chi connectivity index (χ0) is 24.7. The number of thiophene rings is 1. The molecular weight excluding hydrogens is 479 g/mol. The Morgan fingerprint density at radius 1 is 1.11 bits per heavy atom. The number of fused-ring (bicyclic) bond motifs is 1. The Labute approximate surface area is 201 Å². The van der Waals surface area contributed by atoms with Crippen LogP contribution in [0.25, 0.3) is 28.0 Å². The second-order valence-electron chi connectivity index (χ2n) is 7.75. The quantitative estimate of drug-likeness (QED) is 0.348. The standard InChI is InChI=1S/C24H18F3N5O2S/c1-31-9-8-18(30-31)17-11-19(35-21(17)24(25,26)27)23(34)29-20-16(14-5-3-2-4-6-14)7-10-32-15(13-33)12-28-22(20)32/h2-12,33H,13H2,1H3,(H,29,34). The second kappa shape index (κ2) is 8.67. The van der Waals surface area contributed by atoms with Crippen molar-refractivity contribution in [3.8, 4) is 22.4 Å². The number of amides is 1. The molecule has 178 valence electrons. The molecule has 5 rings (SSSR count). The van der Waals surface area contributed by atoms with Crippen LogP contribution in [0.15, 0.2) is 67.1 Å². The summed E-state index contributed by atoms with van der Waals surface area (Å²) in [5, 5.41) is 16.5. The number of aryl methyl sites for hydroxylation is 1. The van der Waals surface area contributed by atoms with Crippen LogP contribution in [-0.2, 0) is 19.8 Å². The number of halogens is 3. The van der Waals surface area contributed by atoms with Crippen LogP contribution >= 0.6 is 11.3 Å². The first-order chi connectivity index (χ1) is 16.8. The second-order valence-corrected chi connectivity index (χ2v) is 8.80. The van der Waals surface area contributed by atoms with E-state index in [2.05, 4.69) is 15.4 Å². The van der Waals surface area contributed by atoms with Crippen molar-refractivity contribution in [1.29, 1.82) is 0 Å². The van der Waals surface area contributed by atoms with Crippen molar-refractivity contribution in [3.05, 3.63) is 82.6 Å². The maximum atomic E-state index is 13.8. The average molecular weight is 498 g/mol. The minimum absolute atomic E-state index is 0.118. The van der Waals surface area contributed by atoms with Crippen LogP contribution in [0.1, 0.15) is 20.2 Å². The van der Waals surface area contributed by atoms with Gasteiger partial charge >= 0.3 is 6.18 Å². The third-order valence-corrected chi connectivity index (χ3v) is 6.62. The Bertz CT molecular complexity index is 1540. The van der Waals surface area contributed by atoms with E-state index in [1.165, 1.54) is 29.2 Å². The Kier molecular flexibility index (Phi) is 5.65. The van der Waals surface area contributed by atoms with Crippen molar-refractivity contribution < 1.29 is 23.1 Å². The molecule has 0 bridgehead atoms. The molecule has 0 radical (unpaired) electrons. The minimum Gasteiger partial charge on any atom is -0.390 e. The van der Waals surface area contributed by atoms with Gasteiger partial charge in [-0.25, -0.2) is 4.98 Å². The normalized spacial score (nSPS) is 11.8. The summed E-state index contributed by atoms with van der Waals surface area (Å²) in [6.07, 6.45) is 0.0882. The van der Waals surface area contributed by atoms with E-state index in [9.17, 15) is 23.1 Å². The highest BCUT2D eigenvalue weighted by atomic mass is 32.1. The van der Waals surface area contributed by atoms with Gasteiger partial charge in [-0.3, -0.25) is 13.9 Å². The third-order valence-electron chi connectivity index (χ3n) is 5.44. The number of rotatable bonds is 5. The lowest BCUT2D eigenvalue weighted by Crippen LogP contribution is -2.12. The third kappa shape index (κ3) is 4.19. The first-order valence-electron chi connectivity index (χ1n) is 10.4. The van der Waals surface area contributed by atoms with E-state index >= 15 is 0 Å². The number of carbonyl (C=O) groups is 1.